The number of carboxylic acid groups (broad SMARTS) is 2. The molecule has 46 heavy (non-hydrogen) atoms. The number of hydrogen-bond acceptors (Lipinski definition) is 10. The monoisotopic (exact) mass is 636 g/mol. The van der Waals surface area contributed by atoms with Crippen molar-refractivity contribution in [1.29, 1.82) is 0 Å². The zero-order valence-electron chi connectivity index (χ0n) is 25.7. The second-order valence-electron chi connectivity index (χ2n) is 13.1. The smallest absolute Gasteiger partial charge is 0.339 e. The van der Waals surface area contributed by atoms with Gasteiger partial charge in [-0.05, 0) is 24.3 Å². The van der Waals surface area contributed by atoms with Crippen LogP contribution in [0.25, 0.3) is 0 Å². The van der Waals surface area contributed by atoms with Gasteiger partial charge in [-0.25, -0.2) is 19.2 Å². The molecule has 14 atom stereocenters. The molecule has 10 rings (SSSR count). The Hall–Kier alpha value is -3.84. The van der Waals surface area contributed by atoms with Crippen molar-refractivity contribution in [3.8, 4) is 0 Å². The van der Waals surface area contributed by atoms with Crippen LogP contribution in [0.5, 0.6) is 0 Å². The van der Waals surface area contributed by atoms with E-state index < -0.39 is 36.1 Å². The lowest BCUT2D eigenvalue weighted by Gasteiger charge is -2.38. The Labute approximate surface area is 264 Å². The second-order valence-corrected chi connectivity index (χ2v) is 13.1. The first-order valence-electron chi connectivity index (χ1n) is 15.7. The quantitative estimate of drug-likeness (QED) is 0.445. The van der Waals surface area contributed by atoms with E-state index >= 15 is 0 Å². The Morgan fingerprint density at radius 2 is 0.783 bits per heavy atom. The third kappa shape index (κ3) is 4.73. The van der Waals surface area contributed by atoms with Gasteiger partial charge in [0.1, 0.15) is 24.4 Å². The van der Waals surface area contributed by atoms with Crippen molar-refractivity contribution in [3.63, 3.8) is 0 Å². The van der Waals surface area contributed by atoms with Gasteiger partial charge in [-0.2, -0.15) is 0 Å². The van der Waals surface area contributed by atoms with Gasteiger partial charge in [0.15, 0.2) is 12.2 Å². The molecule has 8 heterocycles. The molecule has 8 bridgehead atoms. The number of hydrogen-bond donors (Lipinski definition) is 2. The van der Waals surface area contributed by atoms with E-state index in [0.29, 0.717) is 0 Å². The topological polar surface area (TPSA) is 164 Å². The third-order valence-corrected chi connectivity index (χ3v) is 10.6. The first-order valence-corrected chi connectivity index (χ1v) is 15.7. The molecule has 244 valence electrons. The standard InChI is InChI=1S/2C17H18O6/c2*1-7-11-8(2)13-15(14(21-11)12(7)22-13)23-17(20)10-6-4-3-5-9(10)16(18)19/h2*3-8,11-15H,1-2H3,(H,18,19)/t7-,8+,11+,12?,13?,14-,15-;7-,8+,11+,12+,13-,14-,15-/m01/s1. The minimum Gasteiger partial charge on any atom is -0.478 e. The minimum absolute atomic E-state index is 0.0475. The summed E-state index contributed by atoms with van der Waals surface area (Å²) in [5, 5.41) is 18.4. The first kappa shape index (κ1) is 30.8. The molecular weight excluding hydrogens is 600 g/mol. The van der Waals surface area contributed by atoms with Crippen molar-refractivity contribution in [2.45, 2.75) is 88.7 Å². The van der Waals surface area contributed by atoms with E-state index in [4.69, 9.17) is 28.4 Å². The minimum atomic E-state index is -1.15. The lowest BCUT2D eigenvalue weighted by atomic mass is 9.87. The van der Waals surface area contributed by atoms with Crippen LogP contribution in [0.15, 0.2) is 48.5 Å². The summed E-state index contributed by atoms with van der Waals surface area (Å²) in [7, 11) is 0. The predicted octanol–water partition coefficient (Wildman–Crippen LogP) is 3.46. The van der Waals surface area contributed by atoms with Gasteiger partial charge in [-0.15, -0.1) is 0 Å². The molecule has 0 radical (unpaired) electrons. The first-order chi connectivity index (χ1) is 22.0. The number of esters is 2. The fraction of sp³-hybridized carbons (Fsp3) is 0.529. The summed E-state index contributed by atoms with van der Waals surface area (Å²) in [5.74, 6) is -2.74. The van der Waals surface area contributed by atoms with Gasteiger partial charge in [-0.1, -0.05) is 52.0 Å². The van der Waals surface area contributed by atoms with E-state index in [0.717, 1.165) is 0 Å². The highest BCUT2D eigenvalue weighted by molar-refractivity contribution is 6.03. The molecular formula is C34H36O12. The van der Waals surface area contributed by atoms with Crippen LogP contribution in [0.4, 0.5) is 0 Å². The maximum atomic E-state index is 12.5. The molecule has 0 spiro atoms. The van der Waals surface area contributed by atoms with Crippen molar-refractivity contribution in [2.75, 3.05) is 0 Å². The Balaban J connectivity index is 0.000000147. The van der Waals surface area contributed by atoms with Gasteiger partial charge in [0, 0.05) is 23.7 Å². The molecule has 0 saturated carbocycles. The molecule has 0 amide bonds. The molecule has 2 unspecified atom stereocenters. The number of ether oxygens (including phenoxy) is 6. The van der Waals surface area contributed by atoms with Crippen LogP contribution in [0.1, 0.15) is 69.1 Å². The molecule has 2 N–H and O–H groups in total. The summed E-state index contributed by atoms with van der Waals surface area (Å²) in [6, 6.07) is 12.1. The van der Waals surface area contributed by atoms with Crippen molar-refractivity contribution >= 4 is 23.9 Å². The zero-order valence-corrected chi connectivity index (χ0v) is 25.7. The average molecular weight is 637 g/mol. The third-order valence-electron chi connectivity index (χ3n) is 10.6. The fourth-order valence-corrected chi connectivity index (χ4v) is 8.32. The predicted molar refractivity (Wildman–Crippen MR) is 157 cm³/mol. The summed E-state index contributed by atoms with van der Waals surface area (Å²) in [5.41, 5.74) is -0.0162. The number of rotatable bonds is 6. The van der Waals surface area contributed by atoms with Crippen LogP contribution < -0.4 is 0 Å². The van der Waals surface area contributed by atoms with Crippen LogP contribution in [0.3, 0.4) is 0 Å². The number of benzene rings is 2. The molecule has 2 aromatic rings. The molecule has 2 aromatic carbocycles. The highest BCUT2D eigenvalue weighted by Gasteiger charge is 2.66. The average Bonchev–Trinajstić information content (AvgIpc) is 3.68. The second kappa shape index (κ2) is 11.4. The molecule has 12 heteroatoms. The lowest BCUT2D eigenvalue weighted by Crippen LogP contribution is -2.49. The van der Waals surface area contributed by atoms with Crippen molar-refractivity contribution in [2.24, 2.45) is 23.7 Å². The van der Waals surface area contributed by atoms with E-state index in [2.05, 4.69) is 13.8 Å². The van der Waals surface area contributed by atoms with E-state index in [9.17, 15) is 29.4 Å². The summed E-state index contributed by atoms with van der Waals surface area (Å²) in [6.45, 7) is 8.25. The van der Waals surface area contributed by atoms with Crippen LogP contribution in [-0.4, -0.2) is 95.1 Å². The number of carboxylic acids is 2. The van der Waals surface area contributed by atoms with E-state index in [1.807, 2.05) is 13.8 Å². The van der Waals surface area contributed by atoms with Crippen LogP contribution in [0, 0.1) is 23.7 Å². The number of aromatic carboxylic acids is 2. The molecule has 8 saturated heterocycles. The number of carbonyl (C=O) groups excluding carboxylic acids is 2. The van der Waals surface area contributed by atoms with Crippen LogP contribution in [-0.2, 0) is 28.4 Å². The van der Waals surface area contributed by atoms with Crippen LogP contribution >= 0.6 is 0 Å². The van der Waals surface area contributed by atoms with Gasteiger partial charge in [0.25, 0.3) is 0 Å². The SMILES string of the molecule is C[C@@H]1C2OC3[C@H](C)[C@@H]1O[C@@H]2[C@H]3OC(=O)c1ccccc1C(=O)O.C[C@@H]1[C@@H]2O[C@H]3[C@H](OC(=O)c4ccccc4C(=O)O)[C@H](O[C@@H]13)[C@H]2C. The van der Waals surface area contributed by atoms with Gasteiger partial charge < -0.3 is 38.6 Å². The summed E-state index contributed by atoms with van der Waals surface area (Å²) in [4.78, 5) is 47.4. The summed E-state index contributed by atoms with van der Waals surface area (Å²) >= 11 is 0. The van der Waals surface area contributed by atoms with Gasteiger partial charge in [0.05, 0.1) is 46.7 Å². The molecule has 8 fully saturated rings. The fourth-order valence-electron chi connectivity index (χ4n) is 8.32. The van der Waals surface area contributed by atoms with Crippen molar-refractivity contribution in [1.82, 2.24) is 0 Å². The normalized spacial score (nSPS) is 40.3. The van der Waals surface area contributed by atoms with Gasteiger partial charge in [-0.3, -0.25) is 0 Å². The zero-order chi connectivity index (χ0) is 32.6. The lowest BCUT2D eigenvalue weighted by molar-refractivity contribution is -0.152. The number of carbonyl (C=O) groups is 4. The molecule has 12 nitrogen and oxygen atoms in total. The van der Waals surface area contributed by atoms with Crippen LogP contribution in [0.2, 0.25) is 0 Å². The van der Waals surface area contributed by atoms with E-state index in [1.165, 1.54) is 24.3 Å². The maximum Gasteiger partial charge on any atom is 0.339 e. The Morgan fingerprint density at radius 3 is 1.13 bits per heavy atom. The summed E-state index contributed by atoms with van der Waals surface area (Å²) < 4.78 is 35.2. The van der Waals surface area contributed by atoms with Gasteiger partial charge in [0.2, 0.25) is 0 Å². The highest BCUT2D eigenvalue weighted by Crippen LogP contribution is 2.52. The van der Waals surface area contributed by atoms with E-state index in [1.54, 1.807) is 24.3 Å². The molecule has 0 aromatic heterocycles. The van der Waals surface area contributed by atoms with E-state index in [-0.39, 0.29) is 94.8 Å². The Bertz CT molecular complexity index is 1450. The Kier molecular flexibility index (Phi) is 7.66. The molecule has 8 aliphatic heterocycles. The van der Waals surface area contributed by atoms with Gasteiger partial charge >= 0.3 is 23.9 Å². The summed E-state index contributed by atoms with van der Waals surface area (Å²) in [6.07, 6.45) is -1.63. The molecule has 0 aliphatic carbocycles. The highest BCUT2D eigenvalue weighted by atomic mass is 16.7. The molecule has 8 aliphatic rings. The largest absolute Gasteiger partial charge is 0.478 e. The van der Waals surface area contributed by atoms with Crippen molar-refractivity contribution in [3.05, 3.63) is 70.8 Å². The maximum absolute atomic E-state index is 12.5. The van der Waals surface area contributed by atoms with Crippen molar-refractivity contribution < 1.29 is 57.8 Å². The Morgan fingerprint density at radius 1 is 0.478 bits per heavy atom.